The van der Waals surface area contributed by atoms with Gasteiger partial charge in [0.1, 0.15) is 5.75 Å². The summed E-state index contributed by atoms with van der Waals surface area (Å²) in [5, 5.41) is 0. The fourth-order valence-corrected chi connectivity index (χ4v) is 2.98. The highest BCUT2D eigenvalue weighted by molar-refractivity contribution is 5.91. The van der Waals surface area contributed by atoms with E-state index in [4.69, 9.17) is 9.47 Å². The van der Waals surface area contributed by atoms with E-state index in [1.165, 1.54) is 7.11 Å². The molecule has 23 heavy (non-hydrogen) atoms. The summed E-state index contributed by atoms with van der Waals surface area (Å²) < 4.78 is 10.0. The molecule has 2 aromatic rings. The Balaban J connectivity index is 2.02. The summed E-state index contributed by atoms with van der Waals surface area (Å²) in [6, 6.07) is 12.0. The second kappa shape index (κ2) is 6.65. The van der Waals surface area contributed by atoms with Crippen molar-refractivity contribution in [1.29, 1.82) is 0 Å². The molecule has 0 unspecified atom stereocenters. The molecule has 0 atom stereocenters. The third-order valence-corrected chi connectivity index (χ3v) is 4.25. The van der Waals surface area contributed by atoms with Gasteiger partial charge in [-0.2, -0.15) is 0 Å². The lowest BCUT2D eigenvalue weighted by Gasteiger charge is -2.15. The third-order valence-electron chi connectivity index (χ3n) is 4.25. The zero-order valence-corrected chi connectivity index (χ0v) is 13.0. The van der Waals surface area contributed by atoms with Crippen molar-refractivity contribution in [2.24, 2.45) is 0 Å². The van der Waals surface area contributed by atoms with Crippen LogP contribution < -0.4 is 4.74 Å². The molecular weight excluding hydrogens is 292 g/mol. The van der Waals surface area contributed by atoms with Crippen LogP contribution in [0, 0.1) is 0 Å². The Morgan fingerprint density at radius 3 is 2.30 bits per heavy atom. The molecule has 0 N–H and O–H groups in total. The summed E-state index contributed by atoms with van der Waals surface area (Å²) in [5.41, 5.74) is 4.73. The van der Waals surface area contributed by atoms with Gasteiger partial charge in [-0.3, -0.25) is 4.79 Å². The number of benzene rings is 2. The number of carbonyl (C=O) groups excluding carboxylic acids is 2. The Bertz CT molecular complexity index is 749. The molecular formula is C19H18O4. The fourth-order valence-electron chi connectivity index (χ4n) is 2.98. The number of ether oxygens (including phenoxy) is 2. The number of esters is 1. The first kappa shape index (κ1) is 15.3. The van der Waals surface area contributed by atoms with E-state index >= 15 is 0 Å². The minimum atomic E-state index is -0.308. The van der Waals surface area contributed by atoms with Crippen molar-refractivity contribution in [3.63, 3.8) is 0 Å². The summed E-state index contributed by atoms with van der Waals surface area (Å²) in [7, 11) is 1.40. The zero-order valence-electron chi connectivity index (χ0n) is 13.0. The molecule has 0 aromatic heterocycles. The normalized spacial score (nSPS) is 13.1. The van der Waals surface area contributed by atoms with Crippen LogP contribution in [-0.4, -0.2) is 19.6 Å². The number of rotatable bonds is 3. The third kappa shape index (κ3) is 3.26. The monoisotopic (exact) mass is 310 g/mol. The van der Waals surface area contributed by atoms with Crippen molar-refractivity contribution in [2.45, 2.75) is 25.7 Å². The van der Waals surface area contributed by atoms with E-state index in [1.54, 1.807) is 0 Å². The van der Waals surface area contributed by atoms with Crippen LogP contribution in [0.1, 0.15) is 32.6 Å². The predicted molar refractivity (Wildman–Crippen MR) is 85.7 cm³/mol. The van der Waals surface area contributed by atoms with Gasteiger partial charge in [0.05, 0.1) is 12.7 Å². The summed E-state index contributed by atoms with van der Waals surface area (Å²) >= 11 is 0. The maximum absolute atomic E-state index is 12.0. The summed E-state index contributed by atoms with van der Waals surface area (Å²) in [6.45, 7) is 0.461. The second-order valence-corrected chi connectivity index (χ2v) is 5.64. The van der Waals surface area contributed by atoms with E-state index in [1.807, 2.05) is 24.3 Å². The van der Waals surface area contributed by atoms with Crippen LogP contribution in [0.4, 0.5) is 0 Å². The van der Waals surface area contributed by atoms with Crippen molar-refractivity contribution in [3.8, 4) is 5.75 Å². The van der Waals surface area contributed by atoms with Crippen molar-refractivity contribution in [3.05, 3.63) is 64.2 Å². The minimum Gasteiger partial charge on any atom is -0.465 e. The standard InChI is InChI=1S/C19H18O4/c1-22-19(21)17-10-13-2-3-14-5-7-16(18(11-14)23-12-20)9-8-15(17)6-4-13/h4-7,10-12H,2-3,8-9H2,1H3. The second-order valence-electron chi connectivity index (χ2n) is 5.64. The fraction of sp³-hybridized carbons (Fsp3) is 0.263. The van der Waals surface area contributed by atoms with Crippen molar-refractivity contribution in [1.82, 2.24) is 0 Å². The van der Waals surface area contributed by atoms with Gasteiger partial charge in [0.25, 0.3) is 6.47 Å². The largest absolute Gasteiger partial charge is 0.465 e. The van der Waals surface area contributed by atoms with Crippen LogP contribution in [0.5, 0.6) is 5.75 Å². The van der Waals surface area contributed by atoms with Gasteiger partial charge in [0.2, 0.25) is 0 Å². The molecule has 6 rings (SSSR count). The first-order chi connectivity index (χ1) is 11.2. The lowest BCUT2D eigenvalue weighted by atomic mass is 9.93. The molecule has 2 aromatic carbocycles. The Kier molecular flexibility index (Phi) is 4.42. The molecule has 0 radical (unpaired) electrons. The molecule has 118 valence electrons. The van der Waals surface area contributed by atoms with E-state index in [-0.39, 0.29) is 5.97 Å². The van der Waals surface area contributed by atoms with Crippen LogP contribution in [0.3, 0.4) is 0 Å². The van der Waals surface area contributed by atoms with E-state index < -0.39 is 0 Å². The molecule has 0 fully saturated rings. The predicted octanol–water partition coefficient (Wildman–Crippen LogP) is 2.89. The number of carbonyl (C=O) groups is 2. The minimum absolute atomic E-state index is 0.308. The first-order valence-corrected chi connectivity index (χ1v) is 7.63. The van der Waals surface area contributed by atoms with E-state index in [0.717, 1.165) is 35.1 Å². The molecule has 4 heteroatoms. The van der Waals surface area contributed by atoms with Crippen LogP contribution in [0.15, 0.2) is 36.4 Å². The molecule has 0 saturated carbocycles. The highest BCUT2D eigenvalue weighted by Gasteiger charge is 2.15. The Morgan fingerprint density at radius 1 is 0.957 bits per heavy atom. The molecule has 0 amide bonds. The van der Waals surface area contributed by atoms with Gasteiger partial charge in [0.15, 0.2) is 0 Å². The van der Waals surface area contributed by atoms with E-state index in [2.05, 4.69) is 12.1 Å². The maximum atomic E-state index is 12.0. The lowest BCUT2D eigenvalue weighted by Crippen LogP contribution is -2.09. The van der Waals surface area contributed by atoms with Gasteiger partial charge >= 0.3 is 5.97 Å². The van der Waals surface area contributed by atoms with Crippen LogP contribution in [0.2, 0.25) is 0 Å². The Labute approximate surface area is 135 Å². The molecule has 4 aliphatic rings. The van der Waals surface area contributed by atoms with Gasteiger partial charge < -0.3 is 9.47 Å². The van der Waals surface area contributed by atoms with Crippen LogP contribution in [-0.2, 0) is 35.2 Å². The van der Waals surface area contributed by atoms with Crippen LogP contribution >= 0.6 is 0 Å². The molecule has 4 aliphatic carbocycles. The molecule has 4 nitrogen and oxygen atoms in total. The first-order valence-electron chi connectivity index (χ1n) is 7.63. The Morgan fingerprint density at radius 2 is 1.61 bits per heavy atom. The summed E-state index contributed by atoms with van der Waals surface area (Å²) in [6.07, 6.45) is 2.99. The van der Waals surface area contributed by atoms with E-state index in [9.17, 15) is 9.59 Å². The van der Waals surface area contributed by atoms with Gasteiger partial charge in [0, 0.05) is 0 Å². The SMILES string of the molecule is COC(=O)c1cc2ccc1CCc1ccc(cc1OC=O)CC2. The molecule has 0 spiro atoms. The average molecular weight is 310 g/mol. The number of hydrogen-bond acceptors (Lipinski definition) is 4. The quantitative estimate of drug-likeness (QED) is 0.646. The van der Waals surface area contributed by atoms with Gasteiger partial charge in [-0.05, 0) is 60.1 Å². The summed E-state index contributed by atoms with van der Waals surface area (Å²) in [4.78, 5) is 22.8. The van der Waals surface area contributed by atoms with Gasteiger partial charge in [-0.1, -0.05) is 24.3 Å². The lowest BCUT2D eigenvalue weighted by molar-refractivity contribution is -0.120. The smallest absolute Gasteiger partial charge is 0.338 e. The van der Waals surface area contributed by atoms with Crippen LogP contribution in [0.25, 0.3) is 0 Å². The van der Waals surface area contributed by atoms with Crippen molar-refractivity contribution < 1.29 is 19.1 Å². The number of aryl methyl sites for hydroxylation is 4. The number of hydrogen-bond donors (Lipinski definition) is 0. The molecule has 0 aliphatic heterocycles. The molecule has 0 saturated heterocycles. The van der Waals surface area contributed by atoms with Crippen molar-refractivity contribution in [2.75, 3.05) is 7.11 Å². The average Bonchev–Trinajstić information content (AvgIpc) is 2.57. The zero-order chi connectivity index (χ0) is 16.2. The summed E-state index contributed by atoms with van der Waals surface area (Å²) in [5.74, 6) is 0.296. The van der Waals surface area contributed by atoms with Gasteiger partial charge in [-0.15, -0.1) is 0 Å². The maximum Gasteiger partial charge on any atom is 0.338 e. The molecule has 0 heterocycles. The highest BCUT2D eigenvalue weighted by atomic mass is 16.5. The highest BCUT2D eigenvalue weighted by Crippen LogP contribution is 2.26. The topological polar surface area (TPSA) is 52.6 Å². The molecule has 4 bridgehead atoms. The van der Waals surface area contributed by atoms with E-state index in [0.29, 0.717) is 30.6 Å². The number of methoxy groups -OCH3 is 1. The van der Waals surface area contributed by atoms with Crippen molar-refractivity contribution >= 4 is 12.4 Å². The van der Waals surface area contributed by atoms with Gasteiger partial charge in [-0.25, -0.2) is 4.79 Å². The Hall–Kier alpha value is -2.62.